The number of hydrazine groups is 1. The molecule has 2 rings (SSSR count). The molecule has 0 saturated carbocycles. The van der Waals surface area contributed by atoms with Crippen LogP contribution in [0.5, 0.6) is 0 Å². The van der Waals surface area contributed by atoms with E-state index >= 15 is 0 Å². The lowest BCUT2D eigenvalue weighted by atomic mass is 9.98. The Kier molecular flexibility index (Phi) is 4.61. The molecule has 0 aliphatic heterocycles. The monoisotopic (exact) mass is 372 g/mol. The summed E-state index contributed by atoms with van der Waals surface area (Å²) in [5.41, 5.74) is 6.26. The maximum absolute atomic E-state index is 6.16. The summed E-state index contributed by atoms with van der Waals surface area (Å²) >= 11 is 8.37. The molecular formula is C14H14ClIN2. The Labute approximate surface area is 126 Å². The Hall–Kier alpha value is -0.620. The van der Waals surface area contributed by atoms with Gasteiger partial charge >= 0.3 is 0 Å². The standard InChI is InChI=1S/C14H14ClIN2/c1-9-3-2-4-10(7-9)14(18-17)11-5-6-13(16)12(15)8-11/h2-8,14,18H,17H2,1H3. The van der Waals surface area contributed by atoms with Gasteiger partial charge in [0.1, 0.15) is 0 Å². The second kappa shape index (κ2) is 6.02. The first-order valence-corrected chi connectivity index (χ1v) is 7.05. The normalized spacial score (nSPS) is 12.4. The van der Waals surface area contributed by atoms with E-state index in [0.29, 0.717) is 0 Å². The lowest BCUT2D eigenvalue weighted by Crippen LogP contribution is -2.28. The molecule has 0 radical (unpaired) electrons. The van der Waals surface area contributed by atoms with E-state index in [4.69, 9.17) is 17.4 Å². The van der Waals surface area contributed by atoms with Crippen LogP contribution in [-0.4, -0.2) is 0 Å². The molecular weight excluding hydrogens is 359 g/mol. The number of rotatable bonds is 3. The number of nitrogens with two attached hydrogens (primary N) is 1. The molecule has 1 unspecified atom stereocenters. The van der Waals surface area contributed by atoms with Crippen LogP contribution in [0.25, 0.3) is 0 Å². The average Bonchev–Trinajstić information content (AvgIpc) is 2.35. The van der Waals surface area contributed by atoms with Crippen molar-refractivity contribution in [3.05, 3.63) is 67.7 Å². The van der Waals surface area contributed by atoms with Gasteiger partial charge in [-0.05, 0) is 52.8 Å². The van der Waals surface area contributed by atoms with Gasteiger partial charge < -0.3 is 0 Å². The van der Waals surface area contributed by atoms with Gasteiger partial charge in [-0.15, -0.1) is 0 Å². The summed E-state index contributed by atoms with van der Waals surface area (Å²) in [6, 6.07) is 14.2. The Bertz CT molecular complexity index is 557. The van der Waals surface area contributed by atoms with Gasteiger partial charge in [0.25, 0.3) is 0 Å². The van der Waals surface area contributed by atoms with Gasteiger partial charge in [-0.2, -0.15) is 0 Å². The zero-order chi connectivity index (χ0) is 13.1. The number of nitrogens with one attached hydrogen (secondary N) is 1. The van der Waals surface area contributed by atoms with Gasteiger partial charge in [0, 0.05) is 3.57 Å². The Morgan fingerprint density at radius 1 is 1.17 bits per heavy atom. The molecule has 4 heteroatoms. The van der Waals surface area contributed by atoms with Crippen LogP contribution in [0.4, 0.5) is 0 Å². The molecule has 0 aromatic heterocycles. The van der Waals surface area contributed by atoms with Crippen LogP contribution in [0, 0.1) is 10.5 Å². The first-order chi connectivity index (χ1) is 8.61. The minimum atomic E-state index is -0.0422. The fraction of sp³-hybridized carbons (Fsp3) is 0.143. The van der Waals surface area contributed by atoms with Crippen LogP contribution in [-0.2, 0) is 0 Å². The predicted molar refractivity (Wildman–Crippen MR) is 84.5 cm³/mol. The molecule has 0 spiro atoms. The van der Waals surface area contributed by atoms with Crippen LogP contribution in [0.1, 0.15) is 22.7 Å². The highest BCUT2D eigenvalue weighted by molar-refractivity contribution is 14.1. The summed E-state index contributed by atoms with van der Waals surface area (Å²) in [7, 11) is 0. The van der Waals surface area contributed by atoms with Gasteiger partial charge in [-0.1, -0.05) is 47.5 Å². The lowest BCUT2D eigenvalue weighted by Gasteiger charge is -2.18. The Balaban J connectivity index is 2.42. The largest absolute Gasteiger partial charge is 0.271 e. The lowest BCUT2D eigenvalue weighted by molar-refractivity contribution is 0.636. The van der Waals surface area contributed by atoms with E-state index in [-0.39, 0.29) is 6.04 Å². The predicted octanol–water partition coefficient (Wildman–Crippen LogP) is 3.81. The molecule has 2 aromatic rings. The third-order valence-corrected chi connectivity index (χ3v) is 4.39. The maximum atomic E-state index is 6.16. The first-order valence-electron chi connectivity index (χ1n) is 5.59. The van der Waals surface area contributed by atoms with Crippen molar-refractivity contribution in [1.29, 1.82) is 0 Å². The van der Waals surface area contributed by atoms with Gasteiger partial charge in [-0.25, -0.2) is 5.43 Å². The Morgan fingerprint density at radius 2 is 1.89 bits per heavy atom. The van der Waals surface area contributed by atoms with Crippen molar-refractivity contribution in [3.8, 4) is 0 Å². The zero-order valence-electron chi connectivity index (χ0n) is 9.95. The molecule has 0 aliphatic rings. The van der Waals surface area contributed by atoms with E-state index in [9.17, 15) is 0 Å². The summed E-state index contributed by atoms with van der Waals surface area (Å²) in [5, 5.41) is 0.751. The van der Waals surface area contributed by atoms with E-state index in [1.54, 1.807) is 0 Å². The fourth-order valence-corrected chi connectivity index (χ4v) is 2.45. The van der Waals surface area contributed by atoms with Gasteiger partial charge in [0.15, 0.2) is 0 Å². The van der Waals surface area contributed by atoms with Crippen LogP contribution in [0.3, 0.4) is 0 Å². The van der Waals surface area contributed by atoms with E-state index in [1.807, 2.05) is 24.3 Å². The summed E-state index contributed by atoms with van der Waals surface area (Å²) in [6.07, 6.45) is 0. The summed E-state index contributed by atoms with van der Waals surface area (Å²) in [4.78, 5) is 0. The van der Waals surface area contributed by atoms with Crippen LogP contribution >= 0.6 is 34.2 Å². The van der Waals surface area contributed by atoms with Gasteiger partial charge in [0.05, 0.1) is 11.1 Å². The third kappa shape index (κ3) is 3.03. The molecule has 0 heterocycles. The number of aryl methyl sites for hydroxylation is 1. The van der Waals surface area contributed by atoms with Crippen molar-refractivity contribution >= 4 is 34.2 Å². The number of halogens is 2. The van der Waals surface area contributed by atoms with Crippen molar-refractivity contribution in [1.82, 2.24) is 5.43 Å². The molecule has 2 nitrogen and oxygen atoms in total. The third-order valence-electron chi connectivity index (χ3n) is 2.82. The van der Waals surface area contributed by atoms with Gasteiger partial charge in [-0.3, -0.25) is 5.84 Å². The molecule has 0 amide bonds. The molecule has 94 valence electrons. The quantitative estimate of drug-likeness (QED) is 0.488. The SMILES string of the molecule is Cc1cccc(C(NN)c2ccc(I)c(Cl)c2)c1. The number of hydrogen-bond acceptors (Lipinski definition) is 2. The summed E-state index contributed by atoms with van der Waals surface area (Å²) < 4.78 is 1.04. The second-order valence-corrected chi connectivity index (χ2v) is 5.76. The van der Waals surface area contributed by atoms with E-state index < -0.39 is 0 Å². The van der Waals surface area contributed by atoms with Crippen molar-refractivity contribution in [2.24, 2.45) is 5.84 Å². The van der Waals surface area contributed by atoms with Gasteiger partial charge in [0.2, 0.25) is 0 Å². The molecule has 3 N–H and O–H groups in total. The average molecular weight is 373 g/mol. The van der Waals surface area contributed by atoms with Crippen LogP contribution in [0.15, 0.2) is 42.5 Å². The van der Waals surface area contributed by atoms with Crippen LogP contribution in [0.2, 0.25) is 5.02 Å². The number of benzene rings is 2. The molecule has 0 aliphatic carbocycles. The molecule has 0 fully saturated rings. The molecule has 18 heavy (non-hydrogen) atoms. The number of hydrogen-bond donors (Lipinski definition) is 2. The smallest absolute Gasteiger partial charge is 0.0710 e. The van der Waals surface area contributed by atoms with Crippen LogP contribution < -0.4 is 11.3 Å². The second-order valence-electron chi connectivity index (χ2n) is 4.19. The van der Waals surface area contributed by atoms with E-state index in [0.717, 1.165) is 19.7 Å². The van der Waals surface area contributed by atoms with Crippen molar-refractivity contribution in [2.45, 2.75) is 13.0 Å². The Morgan fingerprint density at radius 3 is 2.50 bits per heavy atom. The highest BCUT2D eigenvalue weighted by Gasteiger charge is 2.13. The van der Waals surface area contributed by atoms with E-state index in [1.165, 1.54) is 5.56 Å². The molecule has 0 saturated heterocycles. The minimum absolute atomic E-state index is 0.0422. The topological polar surface area (TPSA) is 38.0 Å². The van der Waals surface area contributed by atoms with Crippen molar-refractivity contribution < 1.29 is 0 Å². The zero-order valence-corrected chi connectivity index (χ0v) is 12.9. The highest BCUT2D eigenvalue weighted by atomic mass is 127. The molecule has 0 bridgehead atoms. The summed E-state index contributed by atoms with van der Waals surface area (Å²) in [6.45, 7) is 2.07. The van der Waals surface area contributed by atoms with Crippen molar-refractivity contribution in [2.75, 3.05) is 0 Å². The van der Waals surface area contributed by atoms with Crippen molar-refractivity contribution in [3.63, 3.8) is 0 Å². The summed E-state index contributed by atoms with van der Waals surface area (Å²) in [5.74, 6) is 5.68. The maximum Gasteiger partial charge on any atom is 0.0710 e. The molecule has 2 aromatic carbocycles. The van der Waals surface area contributed by atoms with E-state index in [2.05, 4.69) is 53.1 Å². The first kappa shape index (κ1) is 13.8. The highest BCUT2D eigenvalue weighted by Crippen LogP contribution is 2.27. The fourth-order valence-electron chi connectivity index (χ4n) is 1.93. The molecule has 1 atom stereocenters. The minimum Gasteiger partial charge on any atom is -0.271 e.